The van der Waals surface area contributed by atoms with Gasteiger partial charge >= 0.3 is 5.69 Å². The zero-order chi connectivity index (χ0) is 23.2. The molecule has 0 fully saturated rings. The SMILES string of the molecule is Cc1cc(S(=O)(=O)Nc2cc(Cl)cnc2C(=O)c2ccnc3[nH]c(=O)n(C)c23)ccc1Cl. The lowest BCUT2D eigenvalue weighted by Gasteiger charge is -2.13. The number of anilines is 1. The van der Waals surface area contributed by atoms with Crippen LogP contribution >= 0.6 is 23.2 Å². The Hall–Kier alpha value is -3.21. The number of nitrogens with one attached hydrogen (secondary N) is 2. The maximum Gasteiger partial charge on any atom is 0.327 e. The van der Waals surface area contributed by atoms with Crippen molar-refractivity contribution in [1.29, 1.82) is 0 Å². The van der Waals surface area contributed by atoms with E-state index >= 15 is 0 Å². The number of sulfonamides is 1. The van der Waals surface area contributed by atoms with E-state index in [1.807, 2.05) is 0 Å². The maximum absolute atomic E-state index is 13.4. The first-order valence-electron chi connectivity index (χ1n) is 9.11. The Labute approximate surface area is 192 Å². The Morgan fingerprint density at radius 2 is 1.91 bits per heavy atom. The molecule has 0 spiro atoms. The number of nitrogens with zero attached hydrogens (tertiary/aromatic N) is 3. The van der Waals surface area contributed by atoms with Gasteiger partial charge in [0.2, 0.25) is 5.78 Å². The molecule has 0 bridgehead atoms. The van der Waals surface area contributed by atoms with Gasteiger partial charge in [-0.05, 0) is 42.8 Å². The third-order valence-corrected chi connectivity index (χ3v) is 6.78. The first-order chi connectivity index (χ1) is 15.1. The number of carbonyl (C=O) groups is 1. The van der Waals surface area contributed by atoms with Gasteiger partial charge in [0.05, 0.1) is 26.7 Å². The lowest BCUT2D eigenvalue weighted by molar-refractivity contribution is 0.103. The van der Waals surface area contributed by atoms with E-state index in [4.69, 9.17) is 23.2 Å². The Morgan fingerprint density at radius 3 is 2.62 bits per heavy atom. The summed E-state index contributed by atoms with van der Waals surface area (Å²) in [6.07, 6.45) is 2.59. The molecule has 4 rings (SSSR count). The smallest absolute Gasteiger partial charge is 0.293 e. The van der Waals surface area contributed by atoms with Crippen LogP contribution in [0.5, 0.6) is 0 Å². The molecule has 0 aliphatic carbocycles. The monoisotopic (exact) mass is 491 g/mol. The molecule has 12 heteroatoms. The molecule has 1 aromatic carbocycles. The minimum absolute atomic E-state index is 0.0443. The number of fused-ring (bicyclic) bond motifs is 1. The van der Waals surface area contributed by atoms with Crippen LogP contribution in [0.1, 0.15) is 21.6 Å². The summed E-state index contributed by atoms with van der Waals surface area (Å²) in [7, 11) is -2.60. The van der Waals surface area contributed by atoms with E-state index in [9.17, 15) is 18.0 Å². The summed E-state index contributed by atoms with van der Waals surface area (Å²) in [5.74, 6) is -0.617. The zero-order valence-electron chi connectivity index (χ0n) is 16.7. The predicted octanol–water partition coefficient (Wildman–Crippen LogP) is 3.30. The van der Waals surface area contributed by atoms with Crippen molar-refractivity contribution in [2.45, 2.75) is 11.8 Å². The van der Waals surface area contributed by atoms with E-state index in [2.05, 4.69) is 19.7 Å². The van der Waals surface area contributed by atoms with Crippen molar-refractivity contribution in [3.8, 4) is 0 Å². The zero-order valence-corrected chi connectivity index (χ0v) is 19.0. The first kappa shape index (κ1) is 22.0. The number of H-pyrrole nitrogens is 1. The molecule has 9 nitrogen and oxygen atoms in total. The average Bonchev–Trinajstić information content (AvgIpc) is 3.03. The maximum atomic E-state index is 13.4. The molecule has 0 amide bonds. The Kier molecular flexibility index (Phi) is 5.53. The third-order valence-electron chi connectivity index (χ3n) is 4.79. The molecule has 3 heterocycles. The molecule has 2 N–H and O–H groups in total. The highest BCUT2D eigenvalue weighted by atomic mass is 35.5. The van der Waals surface area contributed by atoms with Crippen LogP contribution in [0.4, 0.5) is 5.69 Å². The minimum Gasteiger partial charge on any atom is -0.293 e. The fourth-order valence-electron chi connectivity index (χ4n) is 3.17. The standard InChI is InChI=1S/C20H15Cl2N5O4S/c1-10-7-12(3-4-14(10)22)32(30,31)26-15-8-11(21)9-24-16(15)18(28)13-5-6-23-19-17(13)27(2)20(29)25-19/h3-9,26H,1-2H3,(H,23,25,29). The van der Waals surface area contributed by atoms with Crippen molar-refractivity contribution in [3.63, 3.8) is 0 Å². The van der Waals surface area contributed by atoms with Gasteiger partial charge in [-0.3, -0.25) is 19.1 Å². The normalized spacial score (nSPS) is 11.6. The molecular formula is C20H15Cl2N5O4S. The lowest BCUT2D eigenvalue weighted by Crippen LogP contribution is -2.18. The van der Waals surface area contributed by atoms with Crippen molar-refractivity contribution in [1.82, 2.24) is 19.5 Å². The van der Waals surface area contributed by atoms with Crippen LogP contribution in [-0.2, 0) is 17.1 Å². The summed E-state index contributed by atoms with van der Waals surface area (Å²) in [6, 6.07) is 6.94. The Balaban J connectivity index is 1.82. The molecule has 4 aromatic rings. The van der Waals surface area contributed by atoms with E-state index in [0.717, 1.165) is 0 Å². The number of pyridine rings is 2. The Bertz CT molecular complexity index is 1560. The highest BCUT2D eigenvalue weighted by Gasteiger charge is 2.24. The number of aromatic amines is 1. The van der Waals surface area contributed by atoms with Crippen molar-refractivity contribution in [2.75, 3.05) is 4.72 Å². The van der Waals surface area contributed by atoms with Gasteiger partial charge in [-0.25, -0.2) is 23.2 Å². The van der Waals surface area contributed by atoms with E-state index < -0.39 is 21.5 Å². The molecule has 0 aliphatic heterocycles. The molecule has 164 valence electrons. The Morgan fingerprint density at radius 1 is 1.16 bits per heavy atom. The summed E-state index contributed by atoms with van der Waals surface area (Å²) < 4.78 is 29.5. The van der Waals surface area contributed by atoms with Gasteiger partial charge < -0.3 is 0 Å². The number of aryl methyl sites for hydroxylation is 2. The number of aromatic nitrogens is 4. The number of ketones is 1. The fraction of sp³-hybridized carbons (Fsp3) is 0.100. The molecule has 0 saturated carbocycles. The number of imidazole rings is 1. The van der Waals surface area contributed by atoms with Crippen LogP contribution in [0.25, 0.3) is 11.2 Å². The predicted molar refractivity (Wildman–Crippen MR) is 121 cm³/mol. The average molecular weight is 492 g/mol. The highest BCUT2D eigenvalue weighted by molar-refractivity contribution is 7.92. The quantitative estimate of drug-likeness (QED) is 0.412. The van der Waals surface area contributed by atoms with Crippen molar-refractivity contribution in [3.05, 3.63) is 80.1 Å². The molecule has 0 saturated heterocycles. The van der Waals surface area contributed by atoms with Crippen molar-refractivity contribution >= 4 is 55.9 Å². The van der Waals surface area contributed by atoms with Gasteiger partial charge in [0.1, 0.15) is 5.69 Å². The van der Waals surface area contributed by atoms with Gasteiger partial charge in [-0.15, -0.1) is 0 Å². The van der Waals surface area contributed by atoms with Crippen LogP contribution in [-0.4, -0.2) is 33.7 Å². The topological polar surface area (TPSA) is 127 Å². The number of halogens is 2. The molecule has 0 aliphatic rings. The summed E-state index contributed by atoms with van der Waals surface area (Å²) in [6.45, 7) is 1.67. The van der Waals surface area contributed by atoms with Gasteiger partial charge in [0, 0.05) is 24.5 Å². The summed E-state index contributed by atoms with van der Waals surface area (Å²) in [5, 5.41) is 0.545. The molecule has 32 heavy (non-hydrogen) atoms. The van der Waals surface area contributed by atoms with Crippen LogP contribution in [0.3, 0.4) is 0 Å². The molecule has 3 aromatic heterocycles. The summed E-state index contributed by atoms with van der Waals surface area (Å²) in [5.41, 5.74) is 0.426. The van der Waals surface area contributed by atoms with Crippen LogP contribution < -0.4 is 10.4 Å². The third kappa shape index (κ3) is 3.88. The second kappa shape index (κ2) is 8.05. The van der Waals surface area contributed by atoms with Gasteiger partial charge in [0.25, 0.3) is 10.0 Å². The lowest BCUT2D eigenvalue weighted by atomic mass is 10.1. The highest BCUT2D eigenvalue weighted by Crippen LogP contribution is 2.27. The molecule has 0 atom stereocenters. The summed E-state index contributed by atoms with van der Waals surface area (Å²) in [4.78, 5) is 36.0. The van der Waals surface area contributed by atoms with Gasteiger partial charge in [-0.2, -0.15) is 0 Å². The fourth-order valence-corrected chi connectivity index (χ4v) is 4.59. The van der Waals surface area contributed by atoms with Crippen LogP contribution in [0.15, 0.2) is 52.4 Å². The van der Waals surface area contributed by atoms with Gasteiger partial charge in [-0.1, -0.05) is 23.2 Å². The summed E-state index contributed by atoms with van der Waals surface area (Å²) >= 11 is 12.0. The molecule has 0 radical (unpaired) electrons. The number of hydrogen-bond donors (Lipinski definition) is 2. The number of carbonyl (C=O) groups excluding carboxylic acids is 1. The minimum atomic E-state index is -4.09. The van der Waals surface area contributed by atoms with E-state index in [-0.39, 0.29) is 38.0 Å². The molecule has 0 unspecified atom stereocenters. The van der Waals surface area contributed by atoms with Crippen LogP contribution in [0.2, 0.25) is 10.0 Å². The van der Waals surface area contributed by atoms with Crippen LogP contribution in [0, 0.1) is 6.92 Å². The largest absolute Gasteiger partial charge is 0.327 e. The molecular weight excluding hydrogens is 477 g/mol. The van der Waals surface area contributed by atoms with E-state index in [1.165, 1.54) is 54.3 Å². The number of hydrogen-bond acceptors (Lipinski definition) is 6. The van der Waals surface area contributed by atoms with E-state index in [0.29, 0.717) is 10.6 Å². The second-order valence-corrected chi connectivity index (χ2v) is 9.47. The second-order valence-electron chi connectivity index (χ2n) is 6.94. The van der Waals surface area contributed by atoms with Crippen molar-refractivity contribution in [2.24, 2.45) is 7.05 Å². The first-order valence-corrected chi connectivity index (χ1v) is 11.4. The van der Waals surface area contributed by atoms with E-state index in [1.54, 1.807) is 6.92 Å². The van der Waals surface area contributed by atoms with Crippen molar-refractivity contribution < 1.29 is 13.2 Å². The number of rotatable bonds is 5. The number of benzene rings is 1. The van der Waals surface area contributed by atoms with Gasteiger partial charge in [0.15, 0.2) is 5.65 Å².